The van der Waals surface area contributed by atoms with Crippen molar-refractivity contribution in [3.05, 3.63) is 47.3 Å². The van der Waals surface area contributed by atoms with Crippen molar-refractivity contribution in [2.45, 2.75) is 19.9 Å². The summed E-state index contributed by atoms with van der Waals surface area (Å²) < 4.78 is 0. The highest BCUT2D eigenvalue weighted by atomic mass is 16.2. The van der Waals surface area contributed by atoms with E-state index in [4.69, 9.17) is 5.73 Å². The minimum Gasteiger partial charge on any atom is -0.351 e. The monoisotopic (exact) mass is 287 g/mol. The zero-order chi connectivity index (χ0) is 15.4. The molecule has 7 heteroatoms. The number of aryl methyl sites for hydroxylation is 1. The number of amides is 3. The summed E-state index contributed by atoms with van der Waals surface area (Å²) in [6, 6.07) is 6.31. The first-order valence-electron chi connectivity index (χ1n) is 6.44. The largest absolute Gasteiger partial charge is 0.351 e. The number of H-pyrrole nitrogens is 1. The molecule has 1 atom stereocenters. The fourth-order valence-corrected chi connectivity index (χ4v) is 1.93. The lowest BCUT2D eigenvalue weighted by Gasteiger charge is -2.14. The van der Waals surface area contributed by atoms with Crippen LogP contribution in [0.5, 0.6) is 0 Å². The molecule has 0 aliphatic heterocycles. The van der Waals surface area contributed by atoms with Crippen LogP contribution in [-0.4, -0.2) is 22.1 Å². The molecule has 7 nitrogen and oxygen atoms in total. The van der Waals surface area contributed by atoms with Crippen molar-refractivity contribution < 1.29 is 9.59 Å². The number of benzene rings is 1. The highest BCUT2D eigenvalue weighted by molar-refractivity contribution is 5.95. The number of carbonyl (C=O) groups excluding carboxylic acids is 2. The van der Waals surface area contributed by atoms with Crippen molar-refractivity contribution in [2.75, 3.05) is 5.32 Å². The molecule has 2 rings (SSSR count). The summed E-state index contributed by atoms with van der Waals surface area (Å²) in [5.41, 5.74) is 7.81. The number of carbonyl (C=O) groups is 2. The molecule has 0 spiro atoms. The first-order valence-corrected chi connectivity index (χ1v) is 6.44. The average molecular weight is 287 g/mol. The van der Waals surface area contributed by atoms with E-state index in [0.29, 0.717) is 11.3 Å². The molecule has 1 aromatic carbocycles. The van der Waals surface area contributed by atoms with Crippen LogP contribution in [0, 0.1) is 6.92 Å². The van der Waals surface area contributed by atoms with Gasteiger partial charge in [-0.15, -0.1) is 0 Å². The van der Waals surface area contributed by atoms with Crippen LogP contribution in [-0.2, 0) is 0 Å². The van der Waals surface area contributed by atoms with Crippen molar-refractivity contribution in [1.82, 2.24) is 15.5 Å². The molecule has 110 valence electrons. The molecule has 0 fully saturated rings. The molecule has 0 aliphatic rings. The van der Waals surface area contributed by atoms with Crippen LogP contribution < -0.4 is 16.4 Å². The molecule has 0 saturated heterocycles. The van der Waals surface area contributed by atoms with E-state index in [2.05, 4.69) is 20.8 Å². The second-order valence-electron chi connectivity index (χ2n) is 4.72. The Morgan fingerprint density at radius 2 is 1.95 bits per heavy atom. The number of hydrogen-bond donors (Lipinski definition) is 4. The third-order valence-corrected chi connectivity index (χ3v) is 3.10. The van der Waals surface area contributed by atoms with Gasteiger partial charge in [0.15, 0.2) is 0 Å². The Labute approximate surface area is 121 Å². The van der Waals surface area contributed by atoms with Crippen LogP contribution in [0.25, 0.3) is 0 Å². The number of nitrogens with zero attached hydrogens (tertiary/aromatic N) is 1. The maximum atomic E-state index is 12.1. The standard InChI is InChI=1S/C14H17N5O2/c1-8(17-13(20)12-7-16-19-9(12)2)10-3-5-11(6-4-10)18-14(15)21/h3-8H,1-2H3,(H,16,19)(H,17,20)(H3,15,18,21). The van der Waals surface area contributed by atoms with Gasteiger partial charge >= 0.3 is 6.03 Å². The van der Waals surface area contributed by atoms with Crippen LogP contribution in [0.1, 0.15) is 34.6 Å². The van der Waals surface area contributed by atoms with E-state index in [9.17, 15) is 9.59 Å². The Balaban J connectivity index is 2.03. The van der Waals surface area contributed by atoms with E-state index >= 15 is 0 Å². The average Bonchev–Trinajstić information content (AvgIpc) is 2.85. The fraction of sp³-hybridized carbons (Fsp3) is 0.214. The molecule has 0 aliphatic carbocycles. The Hall–Kier alpha value is -2.83. The van der Waals surface area contributed by atoms with Gasteiger partial charge in [-0.25, -0.2) is 4.79 Å². The molecule has 5 N–H and O–H groups in total. The maximum Gasteiger partial charge on any atom is 0.316 e. The molecular weight excluding hydrogens is 270 g/mol. The molecule has 1 aromatic heterocycles. The van der Waals surface area contributed by atoms with Crippen molar-refractivity contribution in [3.8, 4) is 0 Å². The summed E-state index contributed by atoms with van der Waals surface area (Å²) >= 11 is 0. The van der Waals surface area contributed by atoms with Gasteiger partial charge < -0.3 is 16.4 Å². The molecule has 0 radical (unpaired) electrons. The number of nitrogens with one attached hydrogen (secondary N) is 3. The minimum atomic E-state index is -0.612. The van der Waals surface area contributed by atoms with Gasteiger partial charge in [-0.05, 0) is 31.5 Å². The molecule has 0 bridgehead atoms. The lowest BCUT2D eigenvalue weighted by molar-refractivity contribution is 0.0939. The normalized spacial score (nSPS) is 11.7. The van der Waals surface area contributed by atoms with Gasteiger partial charge in [-0.1, -0.05) is 12.1 Å². The zero-order valence-electron chi connectivity index (χ0n) is 11.8. The summed E-state index contributed by atoms with van der Waals surface area (Å²) in [5.74, 6) is -0.187. The SMILES string of the molecule is Cc1[nH]ncc1C(=O)NC(C)c1ccc(NC(N)=O)cc1. The predicted molar refractivity (Wildman–Crippen MR) is 78.9 cm³/mol. The number of nitrogens with two attached hydrogens (primary N) is 1. The maximum absolute atomic E-state index is 12.1. The molecule has 0 saturated carbocycles. The summed E-state index contributed by atoms with van der Waals surface area (Å²) in [6.07, 6.45) is 1.50. The number of hydrogen-bond acceptors (Lipinski definition) is 3. The van der Waals surface area contributed by atoms with Gasteiger partial charge in [0, 0.05) is 11.4 Å². The summed E-state index contributed by atoms with van der Waals surface area (Å²) in [5, 5.41) is 11.9. The third kappa shape index (κ3) is 3.59. The van der Waals surface area contributed by atoms with Crippen LogP contribution >= 0.6 is 0 Å². The van der Waals surface area contributed by atoms with Crippen molar-refractivity contribution in [3.63, 3.8) is 0 Å². The Kier molecular flexibility index (Phi) is 4.22. The van der Waals surface area contributed by atoms with Crippen LogP contribution in [0.3, 0.4) is 0 Å². The van der Waals surface area contributed by atoms with Crippen LogP contribution in [0.2, 0.25) is 0 Å². The van der Waals surface area contributed by atoms with Crippen molar-refractivity contribution in [2.24, 2.45) is 5.73 Å². The number of urea groups is 1. The highest BCUT2D eigenvalue weighted by Crippen LogP contribution is 2.17. The van der Waals surface area contributed by atoms with E-state index in [1.165, 1.54) is 6.20 Å². The Bertz CT molecular complexity index is 648. The second kappa shape index (κ2) is 6.08. The zero-order valence-corrected chi connectivity index (χ0v) is 11.8. The quantitative estimate of drug-likeness (QED) is 0.686. The second-order valence-corrected chi connectivity index (χ2v) is 4.72. The number of rotatable bonds is 4. The van der Waals surface area contributed by atoms with Crippen LogP contribution in [0.4, 0.5) is 10.5 Å². The van der Waals surface area contributed by atoms with Crippen molar-refractivity contribution >= 4 is 17.6 Å². The first-order chi connectivity index (χ1) is 9.97. The minimum absolute atomic E-state index is 0.172. The number of aromatic amines is 1. The molecule has 3 amide bonds. The van der Waals surface area contributed by atoms with Gasteiger partial charge in [-0.3, -0.25) is 9.89 Å². The van der Waals surface area contributed by atoms with Gasteiger partial charge in [0.1, 0.15) is 0 Å². The Morgan fingerprint density at radius 3 is 2.48 bits per heavy atom. The van der Waals surface area contributed by atoms with Gasteiger partial charge in [0.05, 0.1) is 17.8 Å². The number of primary amides is 1. The van der Waals surface area contributed by atoms with E-state index in [0.717, 1.165) is 11.3 Å². The molecule has 2 aromatic rings. The van der Waals surface area contributed by atoms with Crippen LogP contribution in [0.15, 0.2) is 30.5 Å². The molecule has 21 heavy (non-hydrogen) atoms. The van der Waals surface area contributed by atoms with E-state index in [-0.39, 0.29) is 11.9 Å². The fourth-order valence-electron chi connectivity index (χ4n) is 1.93. The smallest absolute Gasteiger partial charge is 0.316 e. The molecule has 1 unspecified atom stereocenters. The van der Waals surface area contributed by atoms with E-state index in [1.54, 1.807) is 19.1 Å². The summed E-state index contributed by atoms with van der Waals surface area (Å²) in [6.45, 7) is 3.67. The molecule has 1 heterocycles. The first kappa shape index (κ1) is 14.6. The summed E-state index contributed by atoms with van der Waals surface area (Å²) in [7, 11) is 0. The third-order valence-electron chi connectivity index (χ3n) is 3.10. The van der Waals surface area contributed by atoms with E-state index in [1.807, 2.05) is 19.1 Å². The predicted octanol–water partition coefficient (Wildman–Crippen LogP) is 1.70. The topological polar surface area (TPSA) is 113 Å². The summed E-state index contributed by atoms with van der Waals surface area (Å²) in [4.78, 5) is 22.8. The number of aromatic nitrogens is 2. The highest BCUT2D eigenvalue weighted by Gasteiger charge is 2.14. The van der Waals surface area contributed by atoms with Gasteiger partial charge in [0.25, 0.3) is 5.91 Å². The van der Waals surface area contributed by atoms with E-state index < -0.39 is 6.03 Å². The lowest BCUT2D eigenvalue weighted by atomic mass is 10.1. The molecular formula is C14H17N5O2. The Morgan fingerprint density at radius 1 is 1.29 bits per heavy atom. The van der Waals surface area contributed by atoms with Crippen molar-refractivity contribution in [1.29, 1.82) is 0 Å². The lowest BCUT2D eigenvalue weighted by Crippen LogP contribution is -2.27. The number of anilines is 1. The van der Waals surface area contributed by atoms with Gasteiger partial charge in [-0.2, -0.15) is 5.10 Å². The van der Waals surface area contributed by atoms with Gasteiger partial charge in [0.2, 0.25) is 0 Å².